The molecule has 2 N–H and O–H groups in total. The predicted octanol–water partition coefficient (Wildman–Crippen LogP) is 3.83. The molecular weight excluding hydrogens is 406 g/mol. The summed E-state index contributed by atoms with van der Waals surface area (Å²) in [4.78, 5) is 28.1. The number of hydrogen-bond donors (Lipinski definition) is 2. The standard InChI is InChI=1S/C22H22F2N4O3/c1-13(2)14-3-5-15(6-4-14)22-27-21(31-28-22)10-9-19(29)25-12-20(30)26-16-7-8-17(23)18(24)11-16/h3-8,11,13H,9-10,12H2,1-2H3,(H,25,29)(H,26,30). The molecule has 0 aliphatic rings. The molecule has 162 valence electrons. The molecule has 3 aromatic rings. The van der Waals surface area contributed by atoms with Crippen molar-refractivity contribution in [2.24, 2.45) is 0 Å². The molecule has 0 saturated carbocycles. The van der Waals surface area contributed by atoms with Gasteiger partial charge in [0.25, 0.3) is 0 Å². The number of nitrogens with zero attached hydrogens (tertiary/aromatic N) is 2. The molecule has 0 aliphatic heterocycles. The molecule has 31 heavy (non-hydrogen) atoms. The van der Waals surface area contributed by atoms with Gasteiger partial charge in [0.15, 0.2) is 11.6 Å². The Morgan fingerprint density at radius 1 is 1.03 bits per heavy atom. The SMILES string of the molecule is CC(C)c1ccc(-c2noc(CCC(=O)NCC(=O)Nc3ccc(F)c(F)c3)n2)cc1. The topological polar surface area (TPSA) is 97.1 Å². The summed E-state index contributed by atoms with van der Waals surface area (Å²) in [5.74, 6) is -1.86. The van der Waals surface area contributed by atoms with Crippen molar-refractivity contribution in [2.45, 2.75) is 32.6 Å². The smallest absolute Gasteiger partial charge is 0.243 e. The van der Waals surface area contributed by atoms with E-state index in [9.17, 15) is 18.4 Å². The van der Waals surface area contributed by atoms with Crippen LogP contribution >= 0.6 is 0 Å². The lowest BCUT2D eigenvalue weighted by Gasteiger charge is -2.07. The largest absolute Gasteiger partial charge is 0.347 e. The molecule has 0 spiro atoms. The van der Waals surface area contributed by atoms with Gasteiger partial charge in [0.2, 0.25) is 23.5 Å². The average molecular weight is 428 g/mol. The highest BCUT2D eigenvalue weighted by Gasteiger charge is 2.12. The number of hydrogen-bond acceptors (Lipinski definition) is 5. The summed E-state index contributed by atoms with van der Waals surface area (Å²) in [6.07, 6.45) is 0.264. The van der Waals surface area contributed by atoms with Crippen molar-refractivity contribution >= 4 is 17.5 Å². The first-order valence-electron chi connectivity index (χ1n) is 9.76. The molecule has 0 bridgehead atoms. The van der Waals surface area contributed by atoms with Crippen LogP contribution in [0.4, 0.5) is 14.5 Å². The first-order chi connectivity index (χ1) is 14.8. The zero-order chi connectivity index (χ0) is 22.4. The molecule has 7 nitrogen and oxygen atoms in total. The fraction of sp³-hybridized carbons (Fsp3) is 0.273. The number of rotatable bonds is 8. The van der Waals surface area contributed by atoms with E-state index in [0.717, 1.165) is 17.7 Å². The second-order valence-electron chi connectivity index (χ2n) is 7.24. The minimum Gasteiger partial charge on any atom is -0.347 e. The fourth-order valence-corrected chi connectivity index (χ4v) is 2.76. The molecule has 9 heteroatoms. The number of carbonyl (C=O) groups excluding carboxylic acids is 2. The van der Waals surface area contributed by atoms with E-state index in [-0.39, 0.29) is 31.0 Å². The highest BCUT2D eigenvalue weighted by molar-refractivity contribution is 5.94. The zero-order valence-electron chi connectivity index (χ0n) is 17.1. The van der Waals surface area contributed by atoms with Crippen LogP contribution in [0.15, 0.2) is 47.0 Å². The minimum absolute atomic E-state index is 0.0480. The van der Waals surface area contributed by atoms with Crippen LogP contribution in [0, 0.1) is 11.6 Å². The Balaban J connectivity index is 1.44. The van der Waals surface area contributed by atoms with E-state index in [0.29, 0.717) is 17.6 Å². The highest BCUT2D eigenvalue weighted by atomic mass is 19.2. The highest BCUT2D eigenvalue weighted by Crippen LogP contribution is 2.20. The van der Waals surface area contributed by atoms with Gasteiger partial charge in [-0.3, -0.25) is 9.59 Å². The van der Waals surface area contributed by atoms with Crippen LogP contribution in [0.1, 0.15) is 37.6 Å². The molecule has 0 atom stereocenters. The Bertz CT molecular complexity index is 1060. The maximum Gasteiger partial charge on any atom is 0.243 e. The molecule has 0 radical (unpaired) electrons. The molecule has 0 saturated heterocycles. The van der Waals surface area contributed by atoms with Gasteiger partial charge in [0.1, 0.15) is 0 Å². The number of benzene rings is 2. The average Bonchev–Trinajstić information content (AvgIpc) is 3.22. The number of aromatic nitrogens is 2. The molecule has 1 heterocycles. The quantitative estimate of drug-likeness (QED) is 0.568. The zero-order valence-corrected chi connectivity index (χ0v) is 17.1. The van der Waals surface area contributed by atoms with Gasteiger partial charge in [-0.1, -0.05) is 43.3 Å². The first kappa shape index (κ1) is 22.1. The van der Waals surface area contributed by atoms with Crippen molar-refractivity contribution < 1.29 is 22.9 Å². The summed E-state index contributed by atoms with van der Waals surface area (Å²) in [6.45, 7) is 3.91. The van der Waals surface area contributed by atoms with Crippen molar-refractivity contribution in [3.63, 3.8) is 0 Å². The molecule has 0 fully saturated rings. The van der Waals surface area contributed by atoms with Crippen LogP contribution in [-0.4, -0.2) is 28.5 Å². The lowest BCUT2D eigenvalue weighted by Crippen LogP contribution is -2.33. The van der Waals surface area contributed by atoms with Crippen LogP contribution < -0.4 is 10.6 Å². The Morgan fingerprint density at radius 2 is 1.77 bits per heavy atom. The minimum atomic E-state index is -1.07. The Kier molecular flexibility index (Phi) is 7.07. The van der Waals surface area contributed by atoms with E-state index in [1.165, 1.54) is 11.6 Å². The number of aryl methyl sites for hydroxylation is 1. The van der Waals surface area contributed by atoms with Crippen LogP contribution in [0.5, 0.6) is 0 Å². The van der Waals surface area contributed by atoms with Crippen molar-refractivity contribution in [1.82, 2.24) is 15.5 Å². The van der Waals surface area contributed by atoms with E-state index in [2.05, 4.69) is 34.6 Å². The summed E-state index contributed by atoms with van der Waals surface area (Å²) in [6, 6.07) is 10.8. The third-order valence-electron chi connectivity index (χ3n) is 4.52. The second-order valence-corrected chi connectivity index (χ2v) is 7.24. The Morgan fingerprint density at radius 3 is 2.45 bits per heavy atom. The summed E-state index contributed by atoms with van der Waals surface area (Å²) in [7, 11) is 0. The van der Waals surface area contributed by atoms with E-state index in [1.807, 2.05) is 24.3 Å². The van der Waals surface area contributed by atoms with Crippen LogP contribution in [0.25, 0.3) is 11.4 Å². The van der Waals surface area contributed by atoms with Gasteiger partial charge in [-0.2, -0.15) is 4.98 Å². The maximum absolute atomic E-state index is 13.1. The van der Waals surface area contributed by atoms with Gasteiger partial charge in [-0.15, -0.1) is 0 Å². The monoisotopic (exact) mass is 428 g/mol. The van der Waals surface area contributed by atoms with Gasteiger partial charge in [-0.05, 0) is 23.6 Å². The summed E-state index contributed by atoms with van der Waals surface area (Å²) in [5, 5.41) is 8.75. The fourth-order valence-electron chi connectivity index (χ4n) is 2.76. The third kappa shape index (κ3) is 6.18. The van der Waals surface area contributed by atoms with E-state index >= 15 is 0 Å². The van der Waals surface area contributed by atoms with Gasteiger partial charge in [0.05, 0.1) is 6.54 Å². The van der Waals surface area contributed by atoms with Gasteiger partial charge < -0.3 is 15.2 Å². The Hall–Kier alpha value is -3.62. The number of nitrogens with one attached hydrogen (secondary N) is 2. The summed E-state index contributed by atoms with van der Waals surface area (Å²) in [5.41, 5.74) is 2.12. The lowest BCUT2D eigenvalue weighted by molar-refractivity contribution is -0.124. The molecule has 2 amide bonds. The van der Waals surface area contributed by atoms with E-state index in [1.54, 1.807) is 0 Å². The Labute approximate surface area is 177 Å². The number of amides is 2. The molecule has 1 aromatic heterocycles. The summed E-state index contributed by atoms with van der Waals surface area (Å²) < 4.78 is 31.2. The second kappa shape index (κ2) is 9.92. The molecule has 0 unspecified atom stereocenters. The normalized spacial score (nSPS) is 10.9. The van der Waals surface area contributed by atoms with Crippen molar-refractivity contribution in [3.05, 3.63) is 65.6 Å². The molecule has 2 aromatic carbocycles. The van der Waals surface area contributed by atoms with Gasteiger partial charge in [0, 0.05) is 30.2 Å². The lowest BCUT2D eigenvalue weighted by atomic mass is 10.0. The summed E-state index contributed by atoms with van der Waals surface area (Å²) >= 11 is 0. The van der Waals surface area contributed by atoms with Crippen LogP contribution in [0.2, 0.25) is 0 Å². The van der Waals surface area contributed by atoms with Crippen molar-refractivity contribution in [1.29, 1.82) is 0 Å². The van der Waals surface area contributed by atoms with Crippen LogP contribution in [-0.2, 0) is 16.0 Å². The molecule has 0 aliphatic carbocycles. The maximum atomic E-state index is 13.1. The van der Waals surface area contributed by atoms with Gasteiger partial charge in [-0.25, -0.2) is 8.78 Å². The number of carbonyl (C=O) groups is 2. The molecular formula is C22H22F2N4O3. The number of halogens is 2. The van der Waals surface area contributed by atoms with Crippen molar-refractivity contribution in [2.75, 3.05) is 11.9 Å². The van der Waals surface area contributed by atoms with Crippen LogP contribution in [0.3, 0.4) is 0 Å². The predicted molar refractivity (Wildman–Crippen MR) is 110 cm³/mol. The molecule has 3 rings (SSSR count). The van der Waals surface area contributed by atoms with E-state index in [4.69, 9.17) is 4.52 Å². The number of anilines is 1. The first-order valence-corrected chi connectivity index (χ1v) is 9.76. The van der Waals surface area contributed by atoms with Gasteiger partial charge >= 0.3 is 0 Å². The van der Waals surface area contributed by atoms with Crippen molar-refractivity contribution in [3.8, 4) is 11.4 Å². The van der Waals surface area contributed by atoms with E-state index < -0.39 is 17.5 Å². The third-order valence-corrected chi connectivity index (χ3v) is 4.52.